The van der Waals surface area contributed by atoms with Gasteiger partial charge in [-0.1, -0.05) is 35.2 Å². The highest BCUT2D eigenvalue weighted by Gasteiger charge is 2.37. The Morgan fingerprint density at radius 1 is 1.26 bits per heavy atom. The van der Waals surface area contributed by atoms with Gasteiger partial charge in [0, 0.05) is 27.6 Å². The Hall–Kier alpha value is -0.540. The number of nitrogens with two attached hydrogens (primary N) is 1. The number of ether oxygens (including phenoxy) is 1. The normalized spacial score (nSPS) is 18.4. The molecule has 0 aromatic heterocycles. The second kappa shape index (κ2) is 5.84. The van der Waals surface area contributed by atoms with E-state index < -0.39 is 0 Å². The first-order valence-corrected chi connectivity index (χ1v) is 7.89. The summed E-state index contributed by atoms with van der Waals surface area (Å²) < 4.78 is 6.85. The van der Waals surface area contributed by atoms with Crippen LogP contribution in [0.1, 0.15) is 48.8 Å². The molecule has 1 aliphatic carbocycles. The van der Waals surface area contributed by atoms with Gasteiger partial charge in [-0.15, -0.1) is 0 Å². The Morgan fingerprint density at radius 3 is 2.42 bits per heavy atom. The van der Waals surface area contributed by atoms with Gasteiger partial charge in [-0.2, -0.15) is 0 Å². The number of rotatable bonds is 3. The molecule has 0 unspecified atom stereocenters. The molecule has 0 radical (unpaired) electrons. The summed E-state index contributed by atoms with van der Waals surface area (Å²) in [5, 5.41) is 0. The van der Waals surface area contributed by atoms with Crippen molar-refractivity contribution in [3.05, 3.63) is 27.2 Å². The van der Waals surface area contributed by atoms with E-state index in [1.54, 1.807) is 7.11 Å². The second-order valence-electron chi connectivity index (χ2n) is 5.75. The maximum atomic E-state index is 6.18. The third-order valence-corrected chi connectivity index (χ3v) is 5.42. The summed E-state index contributed by atoms with van der Waals surface area (Å²) in [4.78, 5) is 0. The molecular formula is C16H24BrNO. The number of methoxy groups -OCH3 is 1. The van der Waals surface area contributed by atoms with Gasteiger partial charge in [0.05, 0.1) is 7.11 Å². The van der Waals surface area contributed by atoms with Crippen LogP contribution >= 0.6 is 15.9 Å². The van der Waals surface area contributed by atoms with Crippen LogP contribution in [-0.2, 0) is 5.41 Å². The number of aryl methyl sites for hydroxylation is 1. The smallest absolute Gasteiger partial charge is 0.126 e. The first-order valence-electron chi connectivity index (χ1n) is 7.10. The van der Waals surface area contributed by atoms with E-state index in [1.807, 2.05) is 0 Å². The molecule has 2 nitrogen and oxygen atoms in total. The third-order valence-electron chi connectivity index (χ3n) is 4.60. The lowest BCUT2D eigenvalue weighted by Gasteiger charge is -2.39. The fraction of sp³-hybridized carbons (Fsp3) is 0.625. The average molecular weight is 326 g/mol. The lowest BCUT2D eigenvalue weighted by Crippen LogP contribution is -2.38. The van der Waals surface area contributed by atoms with E-state index >= 15 is 0 Å². The standard InChI is InChI=1S/C16H24BrNO/c1-11-9-13(17)12(2)15(19-3)14(11)16(10-18)7-5-4-6-8-16/h9H,4-8,10,18H2,1-3H3. The third kappa shape index (κ3) is 2.55. The van der Waals surface area contributed by atoms with Gasteiger partial charge >= 0.3 is 0 Å². The molecule has 1 aromatic carbocycles. The zero-order valence-corrected chi connectivity index (χ0v) is 13.8. The molecule has 3 heteroatoms. The van der Waals surface area contributed by atoms with Gasteiger partial charge in [-0.05, 0) is 38.3 Å². The zero-order chi connectivity index (χ0) is 14.0. The van der Waals surface area contributed by atoms with Crippen LogP contribution in [0.15, 0.2) is 10.5 Å². The first-order chi connectivity index (χ1) is 9.05. The molecule has 2 rings (SSSR count). The van der Waals surface area contributed by atoms with Crippen molar-refractivity contribution in [1.29, 1.82) is 0 Å². The van der Waals surface area contributed by atoms with Crippen molar-refractivity contribution in [3.63, 3.8) is 0 Å². The molecule has 0 saturated heterocycles. The van der Waals surface area contributed by atoms with Crippen LogP contribution in [0.5, 0.6) is 5.75 Å². The van der Waals surface area contributed by atoms with E-state index in [9.17, 15) is 0 Å². The maximum absolute atomic E-state index is 6.18. The Kier molecular flexibility index (Phi) is 4.57. The van der Waals surface area contributed by atoms with Crippen molar-refractivity contribution in [1.82, 2.24) is 0 Å². The van der Waals surface area contributed by atoms with Gasteiger partial charge in [0.25, 0.3) is 0 Å². The highest BCUT2D eigenvalue weighted by atomic mass is 79.9. The van der Waals surface area contributed by atoms with Crippen molar-refractivity contribution in [2.24, 2.45) is 5.73 Å². The Labute approximate surface area is 124 Å². The van der Waals surface area contributed by atoms with E-state index in [4.69, 9.17) is 10.5 Å². The Balaban J connectivity index is 2.62. The van der Waals surface area contributed by atoms with Crippen LogP contribution in [0.2, 0.25) is 0 Å². The molecule has 0 spiro atoms. The average Bonchev–Trinajstić information content (AvgIpc) is 2.43. The van der Waals surface area contributed by atoms with Crippen molar-refractivity contribution >= 4 is 15.9 Å². The molecule has 19 heavy (non-hydrogen) atoms. The summed E-state index contributed by atoms with van der Waals surface area (Å²) in [6, 6.07) is 2.21. The molecule has 2 N–H and O–H groups in total. The molecule has 0 aliphatic heterocycles. The number of hydrogen-bond donors (Lipinski definition) is 1. The molecule has 1 fully saturated rings. The van der Waals surface area contributed by atoms with Gasteiger partial charge in [0.1, 0.15) is 5.75 Å². The highest BCUT2D eigenvalue weighted by molar-refractivity contribution is 9.10. The van der Waals surface area contributed by atoms with Crippen LogP contribution in [0, 0.1) is 13.8 Å². The lowest BCUT2D eigenvalue weighted by atomic mass is 9.67. The van der Waals surface area contributed by atoms with Crippen LogP contribution in [0.4, 0.5) is 0 Å². The summed E-state index contributed by atoms with van der Waals surface area (Å²) in [6.07, 6.45) is 6.24. The van der Waals surface area contributed by atoms with Gasteiger partial charge in [0.15, 0.2) is 0 Å². The summed E-state index contributed by atoms with van der Waals surface area (Å²) in [5.74, 6) is 1.03. The molecule has 0 amide bonds. The largest absolute Gasteiger partial charge is 0.496 e. The van der Waals surface area contributed by atoms with Crippen molar-refractivity contribution in [2.75, 3.05) is 13.7 Å². The maximum Gasteiger partial charge on any atom is 0.126 e. The summed E-state index contributed by atoms with van der Waals surface area (Å²) in [6.45, 7) is 5.00. The van der Waals surface area contributed by atoms with Gasteiger partial charge in [-0.3, -0.25) is 0 Å². The van der Waals surface area contributed by atoms with Crippen LogP contribution in [-0.4, -0.2) is 13.7 Å². The Bertz CT molecular complexity index is 464. The van der Waals surface area contributed by atoms with Crippen molar-refractivity contribution < 1.29 is 4.74 Å². The van der Waals surface area contributed by atoms with E-state index in [0.29, 0.717) is 6.54 Å². The molecule has 1 aliphatic rings. The first kappa shape index (κ1) is 14.9. The summed E-state index contributed by atoms with van der Waals surface area (Å²) >= 11 is 3.62. The van der Waals surface area contributed by atoms with E-state index in [-0.39, 0.29) is 5.41 Å². The minimum Gasteiger partial charge on any atom is -0.496 e. The van der Waals surface area contributed by atoms with Crippen LogP contribution in [0.3, 0.4) is 0 Å². The van der Waals surface area contributed by atoms with Crippen LogP contribution in [0.25, 0.3) is 0 Å². The zero-order valence-electron chi connectivity index (χ0n) is 12.2. The quantitative estimate of drug-likeness (QED) is 0.902. The minimum atomic E-state index is 0.110. The molecule has 0 heterocycles. The monoisotopic (exact) mass is 325 g/mol. The number of hydrogen-bond acceptors (Lipinski definition) is 2. The van der Waals surface area contributed by atoms with Gasteiger partial charge < -0.3 is 10.5 Å². The molecular weight excluding hydrogens is 302 g/mol. The predicted molar refractivity (Wildman–Crippen MR) is 84.0 cm³/mol. The molecule has 1 saturated carbocycles. The fourth-order valence-electron chi connectivity index (χ4n) is 3.54. The van der Waals surface area contributed by atoms with Crippen molar-refractivity contribution in [2.45, 2.75) is 51.4 Å². The SMILES string of the molecule is COc1c(C)c(Br)cc(C)c1C1(CN)CCCCC1. The fourth-order valence-corrected chi connectivity index (χ4v) is 4.07. The van der Waals surface area contributed by atoms with E-state index in [0.717, 1.165) is 10.2 Å². The molecule has 0 bridgehead atoms. The topological polar surface area (TPSA) is 35.2 Å². The van der Waals surface area contributed by atoms with E-state index in [1.165, 1.54) is 48.8 Å². The van der Waals surface area contributed by atoms with E-state index in [2.05, 4.69) is 35.8 Å². The minimum absolute atomic E-state index is 0.110. The molecule has 106 valence electrons. The van der Waals surface area contributed by atoms with Crippen LogP contribution < -0.4 is 10.5 Å². The second-order valence-corrected chi connectivity index (χ2v) is 6.61. The highest BCUT2D eigenvalue weighted by Crippen LogP contribution is 2.46. The van der Waals surface area contributed by atoms with Gasteiger partial charge in [0.2, 0.25) is 0 Å². The summed E-state index contributed by atoms with van der Waals surface area (Å²) in [7, 11) is 1.77. The lowest BCUT2D eigenvalue weighted by molar-refractivity contribution is 0.286. The predicted octanol–water partition coefficient (Wildman–Crippen LogP) is 4.24. The number of benzene rings is 1. The molecule has 1 aromatic rings. The van der Waals surface area contributed by atoms with Gasteiger partial charge in [-0.25, -0.2) is 0 Å². The van der Waals surface area contributed by atoms with Crippen molar-refractivity contribution in [3.8, 4) is 5.75 Å². The summed E-state index contributed by atoms with van der Waals surface area (Å²) in [5.41, 5.74) is 10.1. The number of halogens is 1. The molecule has 0 atom stereocenters. The Morgan fingerprint density at radius 2 is 1.89 bits per heavy atom.